The lowest BCUT2D eigenvalue weighted by molar-refractivity contribution is 0.0589. The van der Waals surface area contributed by atoms with Gasteiger partial charge < -0.3 is 15.4 Å². The molecule has 0 aliphatic heterocycles. The Morgan fingerprint density at radius 2 is 2.40 bits per heavy atom. The number of hydrogen-bond donors (Lipinski definition) is 1. The van der Waals surface area contributed by atoms with E-state index in [1.54, 1.807) is 7.11 Å². The Hall–Kier alpha value is -0.980. The molecule has 0 spiro atoms. The monoisotopic (exact) mass is 297 g/mol. The van der Waals surface area contributed by atoms with Gasteiger partial charge in [-0.2, -0.15) is 0 Å². The van der Waals surface area contributed by atoms with Gasteiger partial charge in [0.1, 0.15) is 5.69 Å². The Morgan fingerprint density at radius 3 is 3.00 bits per heavy atom. The van der Waals surface area contributed by atoms with E-state index in [-0.39, 0.29) is 11.9 Å². The minimum absolute atomic E-state index is 0.0148. The van der Waals surface area contributed by atoms with E-state index in [9.17, 15) is 4.79 Å². The van der Waals surface area contributed by atoms with Crippen LogP contribution in [0.2, 0.25) is 0 Å². The molecule has 0 saturated heterocycles. The second kappa shape index (κ2) is 7.15. The summed E-state index contributed by atoms with van der Waals surface area (Å²) in [7, 11) is 1.66. The van der Waals surface area contributed by atoms with E-state index in [4.69, 9.17) is 10.5 Å². The van der Waals surface area contributed by atoms with Gasteiger partial charge in [0, 0.05) is 31.5 Å². The van der Waals surface area contributed by atoms with Crippen molar-refractivity contribution in [3.05, 3.63) is 16.1 Å². The predicted octanol–water partition coefficient (Wildman–Crippen LogP) is 1.53. The molecule has 0 radical (unpaired) electrons. The Balaban J connectivity index is 2.07. The number of carbonyl (C=O) groups excluding carboxylic acids is 1. The van der Waals surface area contributed by atoms with Gasteiger partial charge in [-0.15, -0.1) is 11.3 Å². The molecule has 112 valence electrons. The molecule has 0 aromatic carbocycles. The van der Waals surface area contributed by atoms with E-state index in [1.165, 1.54) is 24.2 Å². The average molecular weight is 297 g/mol. The first-order valence-electron chi connectivity index (χ1n) is 7.11. The van der Waals surface area contributed by atoms with E-state index >= 15 is 0 Å². The van der Waals surface area contributed by atoms with Crippen molar-refractivity contribution in [2.45, 2.75) is 32.2 Å². The van der Waals surface area contributed by atoms with Crippen molar-refractivity contribution >= 4 is 17.2 Å². The number of carbonyl (C=O) groups is 1. The smallest absolute Gasteiger partial charge is 0.273 e. The highest BCUT2D eigenvalue weighted by atomic mass is 32.1. The standard InChI is InChI=1S/C14H23N3O2S/c1-10(11-3-4-11)17(7-8-19-2)14(18)12-9-20-13(16-12)5-6-15/h9-11H,3-8,15H2,1-2H3. The molecule has 1 atom stereocenters. The first kappa shape index (κ1) is 15.4. The second-order valence-electron chi connectivity index (χ2n) is 5.23. The molecule has 1 saturated carbocycles. The van der Waals surface area contributed by atoms with Crippen LogP contribution < -0.4 is 5.73 Å². The lowest BCUT2D eigenvalue weighted by Crippen LogP contribution is -2.42. The molecular weight excluding hydrogens is 274 g/mol. The first-order valence-corrected chi connectivity index (χ1v) is 7.99. The molecule has 1 unspecified atom stereocenters. The van der Waals surface area contributed by atoms with Gasteiger partial charge in [-0.25, -0.2) is 4.98 Å². The molecule has 1 aromatic rings. The summed E-state index contributed by atoms with van der Waals surface area (Å²) in [5.74, 6) is 0.652. The fourth-order valence-corrected chi connectivity index (χ4v) is 3.10. The van der Waals surface area contributed by atoms with Crippen LogP contribution in [0, 0.1) is 5.92 Å². The normalized spacial score (nSPS) is 16.1. The van der Waals surface area contributed by atoms with Gasteiger partial charge in [0.05, 0.1) is 11.6 Å². The highest BCUT2D eigenvalue weighted by Gasteiger charge is 2.35. The highest BCUT2D eigenvalue weighted by Crippen LogP contribution is 2.35. The van der Waals surface area contributed by atoms with Crippen LogP contribution in [0.5, 0.6) is 0 Å². The maximum Gasteiger partial charge on any atom is 0.273 e. The topological polar surface area (TPSA) is 68.5 Å². The van der Waals surface area contributed by atoms with Gasteiger partial charge in [0.2, 0.25) is 0 Å². The Kier molecular flexibility index (Phi) is 5.51. The summed E-state index contributed by atoms with van der Waals surface area (Å²) in [5.41, 5.74) is 6.07. The van der Waals surface area contributed by atoms with Crippen LogP contribution in [0.15, 0.2) is 5.38 Å². The lowest BCUT2D eigenvalue weighted by atomic mass is 10.1. The van der Waals surface area contributed by atoms with Crippen LogP contribution in [-0.4, -0.2) is 48.6 Å². The molecule has 5 nitrogen and oxygen atoms in total. The van der Waals surface area contributed by atoms with Crippen LogP contribution >= 0.6 is 11.3 Å². The summed E-state index contributed by atoms with van der Waals surface area (Å²) in [4.78, 5) is 18.9. The van der Waals surface area contributed by atoms with Crippen molar-refractivity contribution in [3.63, 3.8) is 0 Å². The molecule has 1 aromatic heterocycles. The predicted molar refractivity (Wildman–Crippen MR) is 80.0 cm³/mol. The van der Waals surface area contributed by atoms with Crippen molar-refractivity contribution in [3.8, 4) is 0 Å². The summed E-state index contributed by atoms with van der Waals surface area (Å²) < 4.78 is 5.12. The van der Waals surface area contributed by atoms with Crippen LogP contribution in [0.4, 0.5) is 0 Å². The minimum Gasteiger partial charge on any atom is -0.383 e. The van der Waals surface area contributed by atoms with Crippen molar-refractivity contribution in [1.82, 2.24) is 9.88 Å². The van der Waals surface area contributed by atoms with E-state index in [0.717, 1.165) is 11.4 Å². The summed E-state index contributed by atoms with van der Waals surface area (Å²) >= 11 is 1.51. The number of methoxy groups -OCH3 is 1. The number of nitrogens with two attached hydrogens (primary N) is 1. The van der Waals surface area contributed by atoms with Gasteiger partial charge in [-0.1, -0.05) is 0 Å². The molecule has 2 rings (SSSR count). The summed E-state index contributed by atoms with van der Waals surface area (Å²) in [5, 5.41) is 2.77. The maximum absolute atomic E-state index is 12.6. The number of aromatic nitrogens is 1. The zero-order valence-electron chi connectivity index (χ0n) is 12.2. The summed E-state index contributed by atoms with van der Waals surface area (Å²) in [6.07, 6.45) is 3.16. The van der Waals surface area contributed by atoms with Crippen molar-refractivity contribution in [1.29, 1.82) is 0 Å². The summed E-state index contributed by atoms with van der Waals surface area (Å²) in [6, 6.07) is 0.261. The molecule has 1 aliphatic rings. The number of thiazole rings is 1. The van der Waals surface area contributed by atoms with E-state index < -0.39 is 0 Å². The SMILES string of the molecule is COCCN(C(=O)c1csc(CCN)n1)C(C)C1CC1. The second-order valence-corrected chi connectivity index (χ2v) is 6.18. The molecule has 1 amide bonds. The third-order valence-corrected chi connectivity index (χ3v) is 4.63. The summed E-state index contributed by atoms with van der Waals surface area (Å²) in [6.45, 7) is 3.87. The minimum atomic E-state index is 0.0148. The van der Waals surface area contributed by atoms with Crippen molar-refractivity contribution < 1.29 is 9.53 Å². The van der Waals surface area contributed by atoms with E-state index in [0.29, 0.717) is 31.3 Å². The fraction of sp³-hybridized carbons (Fsp3) is 0.714. The third kappa shape index (κ3) is 3.77. The van der Waals surface area contributed by atoms with Crippen LogP contribution in [-0.2, 0) is 11.2 Å². The fourth-order valence-electron chi connectivity index (χ4n) is 2.31. The van der Waals surface area contributed by atoms with Gasteiger partial charge in [0.15, 0.2) is 0 Å². The van der Waals surface area contributed by atoms with Crippen LogP contribution in [0.25, 0.3) is 0 Å². The number of amides is 1. The van der Waals surface area contributed by atoms with Gasteiger partial charge >= 0.3 is 0 Å². The molecule has 0 bridgehead atoms. The van der Waals surface area contributed by atoms with Gasteiger partial charge in [-0.05, 0) is 32.2 Å². The molecule has 1 aliphatic carbocycles. The van der Waals surface area contributed by atoms with Crippen LogP contribution in [0.1, 0.15) is 35.3 Å². The Morgan fingerprint density at radius 1 is 1.65 bits per heavy atom. The average Bonchev–Trinajstić information content (AvgIpc) is 3.19. The third-order valence-electron chi connectivity index (χ3n) is 3.72. The van der Waals surface area contributed by atoms with E-state index in [2.05, 4.69) is 11.9 Å². The quantitative estimate of drug-likeness (QED) is 0.790. The number of nitrogens with zero attached hydrogens (tertiary/aromatic N) is 2. The Bertz CT molecular complexity index is 445. The molecule has 1 fully saturated rings. The Labute approximate surface area is 124 Å². The van der Waals surface area contributed by atoms with Gasteiger partial charge in [0.25, 0.3) is 5.91 Å². The molecule has 6 heteroatoms. The molecule has 20 heavy (non-hydrogen) atoms. The molecule has 1 heterocycles. The number of rotatable bonds is 8. The molecular formula is C14H23N3O2S. The number of hydrogen-bond acceptors (Lipinski definition) is 5. The van der Waals surface area contributed by atoms with Crippen molar-refractivity contribution in [2.75, 3.05) is 26.8 Å². The van der Waals surface area contributed by atoms with E-state index in [1.807, 2.05) is 10.3 Å². The largest absolute Gasteiger partial charge is 0.383 e. The first-order chi connectivity index (χ1) is 9.67. The zero-order chi connectivity index (χ0) is 14.5. The van der Waals surface area contributed by atoms with Crippen molar-refractivity contribution in [2.24, 2.45) is 11.7 Å². The highest BCUT2D eigenvalue weighted by molar-refractivity contribution is 7.09. The molecule has 2 N–H and O–H groups in total. The number of ether oxygens (including phenoxy) is 1. The lowest BCUT2D eigenvalue weighted by Gasteiger charge is -2.28. The maximum atomic E-state index is 12.6. The van der Waals surface area contributed by atoms with Crippen LogP contribution in [0.3, 0.4) is 0 Å². The zero-order valence-corrected chi connectivity index (χ0v) is 13.0. The van der Waals surface area contributed by atoms with Gasteiger partial charge in [-0.3, -0.25) is 4.79 Å².